The average Bonchev–Trinajstić information content (AvgIpc) is 2.83. The van der Waals surface area contributed by atoms with Gasteiger partial charge in [0, 0.05) is 35.0 Å². The van der Waals surface area contributed by atoms with Gasteiger partial charge in [-0.2, -0.15) is 4.91 Å². The first-order valence-corrected chi connectivity index (χ1v) is 11.3. The molecular weight excluding hydrogens is 494 g/mol. The van der Waals surface area contributed by atoms with Crippen molar-refractivity contribution in [2.24, 2.45) is 26.7 Å². The van der Waals surface area contributed by atoms with Gasteiger partial charge in [-0.1, -0.05) is 53.0 Å². The minimum Gasteiger partial charge on any atom is -0.481 e. The maximum Gasteiger partial charge on any atom is 0.315 e. The van der Waals surface area contributed by atoms with E-state index in [0.29, 0.717) is 19.4 Å². The number of benzene rings is 1. The Hall–Kier alpha value is -3.57. The molecule has 0 aromatic heterocycles. The number of carbonyl (C=O) groups is 2. The van der Waals surface area contributed by atoms with E-state index in [9.17, 15) is 19.6 Å². The molecule has 0 heterocycles. The summed E-state index contributed by atoms with van der Waals surface area (Å²) in [6, 6.07) is 3.94. The zero-order valence-corrected chi connectivity index (χ0v) is 21.1. The van der Waals surface area contributed by atoms with Gasteiger partial charge in [-0.05, 0) is 46.5 Å². The summed E-state index contributed by atoms with van der Waals surface area (Å²) in [4.78, 5) is 41.5. The molecule has 1 aromatic carbocycles. The molecule has 1 unspecified atom stereocenters. The lowest BCUT2D eigenvalue weighted by atomic mass is 9.77. The van der Waals surface area contributed by atoms with Crippen LogP contribution in [0.15, 0.2) is 33.6 Å². The number of rotatable bonds is 16. The summed E-state index contributed by atoms with van der Waals surface area (Å²) in [5.41, 5.74) is 16.4. The summed E-state index contributed by atoms with van der Waals surface area (Å²) < 4.78 is 4.89. The number of carboxylic acids is 1. The lowest BCUT2D eigenvalue weighted by molar-refractivity contribution is -0.144. The predicted octanol–water partition coefficient (Wildman–Crippen LogP) is 4.53. The fraction of sp³-hybridized carbons (Fsp3) is 0.619. The molecule has 0 aliphatic carbocycles. The van der Waals surface area contributed by atoms with Crippen molar-refractivity contribution >= 4 is 23.6 Å². The molecule has 0 saturated heterocycles. The van der Waals surface area contributed by atoms with Crippen LogP contribution < -0.4 is 10.6 Å². The first-order valence-electron chi connectivity index (χ1n) is 10.9. The van der Waals surface area contributed by atoms with Gasteiger partial charge in [0.2, 0.25) is 0 Å². The fourth-order valence-electron chi connectivity index (χ4n) is 3.58. The third-order valence-corrected chi connectivity index (χ3v) is 6.01. The Morgan fingerprint density at radius 2 is 1.89 bits per heavy atom. The zero-order chi connectivity index (χ0) is 27.2. The normalized spacial score (nSPS) is 13.3. The maximum atomic E-state index is 12.7. The molecule has 0 bridgehead atoms. The number of hydrogen-bond acceptors (Lipinski definition) is 7. The molecule has 0 fully saturated rings. The van der Waals surface area contributed by atoms with Crippen LogP contribution in [0.5, 0.6) is 0 Å². The number of carboxylic acid groups (broad SMARTS) is 1. The third-order valence-electron chi connectivity index (χ3n) is 5.66. The number of methoxy groups -OCH3 is 1. The van der Waals surface area contributed by atoms with E-state index in [-0.39, 0.29) is 29.2 Å². The minimum atomic E-state index is -1.84. The topological polar surface area (TPSA) is 215 Å². The van der Waals surface area contributed by atoms with Gasteiger partial charge in [0.25, 0.3) is 0 Å². The lowest BCUT2D eigenvalue weighted by Gasteiger charge is -2.38. The number of halogens is 1. The van der Waals surface area contributed by atoms with E-state index in [4.69, 9.17) is 27.4 Å². The van der Waals surface area contributed by atoms with Crippen LogP contribution in [-0.4, -0.2) is 57.0 Å². The van der Waals surface area contributed by atoms with E-state index in [2.05, 4.69) is 35.9 Å². The third kappa shape index (κ3) is 8.90. The molecule has 2 atom stereocenters. The summed E-state index contributed by atoms with van der Waals surface area (Å²) in [5, 5.41) is 25.2. The molecule has 196 valence electrons. The number of aliphatic carboxylic acids is 1. The summed E-state index contributed by atoms with van der Waals surface area (Å²) >= 11 is 6.54. The van der Waals surface area contributed by atoms with Gasteiger partial charge >= 0.3 is 12.0 Å². The second-order valence-corrected chi connectivity index (χ2v) is 9.20. The van der Waals surface area contributed by atoms with Crippen LogP contribution >= 0.6 is 11.6 Å². The van der Waals surface area contributed by atoms with Crippen molar-refractivity contribution in [2.45, 2.75) is 32.2 Å². The summed E-state index contributed by atoms with van der Waals surface area (Å²) in [5.74, 6) is -3.00. The Morgan fingerprint density at radius 3 is 2.44 bits per heavy atom. The van der Waals surface area contributed by atoms with E-state index in [1.54, 1.807) is 12.1 Å². The maximum absolute atomic E-state index is 12.7. The van der Waals surface area contributed by atoms with Crippen molar-refractivity contribution in [1.82, 2.24) is 10.6 Å². The monoisotopic (exact) mass is 523 g/mol. The van der Waals surface area contributed by atoms with Gasteiger partial charge in [-0.3, -0.25) is 4.79 Å². The number of hydrogen-bond donors (Lipinski definition) is 3. The molecule has 1 rings (SSSR count). The molecule has 1 aromatic rings. The number of nitroso groups, excluding NO2 is 1. The van der Waals surface area contributed by atoms with Gasteiger partial charge in [-0.25, -0.2) is 4.79 Å². The number of nitrogens with one attached hydrogen (secondary N) is 2. The molecule has 0 aliphatic rings. The van der Waals surface area contributed by atoms with Crippen LogP contribution in [-0.2, 0) is 21.5 Å². The minimum absolute atomic E-state index is 0.120. The molecular formula is C21H30ClN9O5. The van der Waals surface area contributed by atoms with Crippen molar-refractivity contribution in [3.8, 4) is 0 Å². The Bertz CT molecular complexity index is 1030. The highest BCUT2D eigenvalue weighted by atomic mass is 35.5. The number of urea groups is 1. The van der Waals surface area contributed by atoms with E-state index in [1.165, 1.54) is 13.2 Å². The van der Waals surface area contributed by atoms with Crippen molar-refractivity contribution < 1.29 is 19.4 Å². The second kappa shape index (κ2) is 14.7. The molecule has 36 heavy (non-hydrogen) atoms. The lowest BCUT2D eigenvalue weighted by Crippen LogP contribution is -2.59. The number of nitrogens with zero attached hydrogens (tertiary/aromatic N) is 7. The first-order chi connectivity index (χ1) is 17.1. The Kier molecular flexibility index (Phi) is 12.5. The average molecular weight is 524 g/mol. The predicted molar refractivity (Wildman–Crippen MR) is 133 cm³/mol. The van der Waals surface area contributed by atoms with Gasteiger partial charge in [0.15, 0.2) is 0 Å². The smallest absolute Gasteiger partial charge is 0.315 e. The first kappa shape index (κ1) is 30.5. The van der Waals surface area contributed by atoms with Gasteiger partial charge in [-0.15, -0.1) is 0 Å². The van der Waals surface area contributed by atoms with E-state index in [0.717, 1.165) is 5.56 Å². The number of amides is 2. The largest absolute Gasteiger partial charge is 0.481 e. The van der Waals surface area contributed by atoms with Gasteiger partial charge < -0.3 is 20.5 Å². The van der Waals surface area contributed by atoms with Crippen LogP contribution in [0.4, 0.5) is 4.79 Å². The van der Waals surface area contributed by atoms with Crippen LogP contribution in [0.3, 0.4) is 0 Å². The summed E-state index contributed by atoms with van der Waals surface area (Å²) in [6.45, 7) is 3.29. The highest BCUT2D eigenvalue weighted by molar-refractivity contribution is 6.31. The molecule has 0 spiro atoms. The van der Waals surface area contributed by atoms with Crippen molar-refractivity contribution in [1.29, 1.82) is 0 Å². The van der Waals surface area contributed by atoms with Crippen LogP contribution in [0.2, 0.25) is 5.02 Å². The Labute approximate surface area is 213 Å². The second-order valence-electron chi connectivity index (χ2n) is 8.80. The van der Waals surface area contributed by atoms with E-state index in [1.807, 2.05) is 13.8 Å². The fourth-order valence-corrected chi connectivity index (χ4v) is 3.86. The van der Waals surface area contributed by atoms with Crippen LogP contribution in [0.1, 0.15) is 31.4 Å². The van der Waals surface area contributed by atoms with Crippen molar-refractivity contribution in [3.63, 3.8) is 0 Å². The highest BCUT2D eigenvalue weighted by Gasteiger charge is 2.46. The molecule has 0 aliphatic heterocycles. The number of ether oxygens (including phenoxy) is 1. The highest BCUT2D eigenvalue weighted by Crippen LogP contribution is 2.35. The van der Waals surface area contributed by atoms with E-state index >= 15 is 0 Å². The Balaban J connectivity index is 3.49. The standard InChI is InChI=1S/C21H30ClN9O5/c1-20(2,12-26-30-23)7-6-14-4-5-15(10-17(14)22)21(13-27-31-24,16(11-28-35)18(32)33)29-19(34)25-8-9-36-3/h4-5,10,16H,6-9,11-13H2,1-3H3,(H,32,33)(H2,25,29,34)/t16?,21-/m0/s1. The van der Waals surface area contributed by atoms with E-state index < -0.39 is 36.5 Å². The molecule has 2 amide bonds. The Morgan fingerprint density at radius 1 is 1.22 bits per heavy atom. The van der Waals surface area contributed by atoms with Gasteiger partial charge in [0.05, 0.1) is 25.2 Å². The molecule has 14 nitrogen and oxygen atoms in total. The van der Waals surface area contributed by atoms with Crippen LogP contribution in [0.25, 0.3) is 20.9 Å². The number of azide groups is 2. The molecule has 0 saturated carbocycles. The van der Waals surface area contributed by atoms with Crippen molar-refractivity contribution in [3.05, 3.63) is 60.1 Å². The van der Waals surface area contributed by atoms with Crippen molar-refractivity contribution in [2.75, 3.05) is 39.9 Å². The molecule has 15 heteroatoms. The quantitative estimate of drug-likeness (QED) is 0.0932. The number of carbonyl (C=O) groups excluding carboxylic acids is 1. The summed E-state index contributed by atoms with van der Waals surface area (Å²) in [6.07, 6.45) is 1.17. The van der Waals surface area contributed by atoms with Crippen LogP contribution in [0, 0.1) is 16.2 Å². The number of aryl methyl sites for hydroxylation is 1. The molecule has 3 N–H and O–H groups in total. The van der Waals surface area contributed by atoms with Gasteiger partial charge in [0.1, 0.15) is 5.92 Å². The SMILES string of the molecule is COCCNC(=O)N[C@@](CN=[N+]=[N-])(c1ccc(CCC(C)(C)CN=[N+]=[N-])c(Cl)c1)C(CN=O)C(=O)O. The zero-order valence-electron chi connectivity index (χ0n) is 20.3. The summed E-state index contributed by atoms with van der Waals surface area (Å²) in [7, 11) is 1.45. The molecule has 0 radical (unpaired) electrons.